The first kappa shape index (κ1) is 22.8. The lowest BCUT2D eigenvalue weighted by Gasteiger charge is -2.14. The van der Waals surface area contributed by atoms with E-state index < -0.39 is 11.6 Å². The van der Waals surface area contributed by atoms with Gasteiger partial charge in [-0.05, 0) is 29.8 Å². The Morgan fingerprint density at radius 1 is 1.00 bits per heavy atom. The number of para-hydroxylation sites is 1. The zero-order valence-electron chi connectivity index (χ0n) is 18.7. The highest BCUT2D eigenvalue weighted by atomic mass is 19.1. The molecule has 4 rings (SSSR count). The van der Waals surface area contributed by atoms with Crippen molar-refractivity contribution in [2.24, 2.45) is 0 Å². The van der Waals surface area contributed by atoms with Crippen LogP contribution in [0.5, 0.6) is 11.5 Å². The van der Waals surface area contributed by atoms with Gasteiger partial charge < -0.3 is 20.1 Å². The number of aromatic nitrogens is 2. The fourth-order valence-electron chi connectivity index (χ4n) is 3.53. The molecule has 0 aliphatic carbocycles. The van der Waals surface area contributed by atoms with Crippen LogP contribution in [0.2, 0.25) is 0 Å². The van der Waals surface area contributed by atoms with E-state index in [0.29, 0.717) is 40.5 Å². The normalized spacial score (nSPS) is 10.7. The van der Waals surface area contributed by atoms with Gasteiger partial charge in [-0.1, -0.05) is 24.3 Å². The standard InChI is InChI=1S/C25H23FN4O4/c1-33-19-11-18(12-20(13-19)34-2)28-23(31)15-30-22-6-4-3-5-21(22)24(29-25(30)32)27-14-16-7-9-17(26)10-8-16/h3-13H,14-15H2,1-2H3,(H,28,31)(H,27,29,32). The third-order valence-corrected chi connectivity index (χ3v) is 5.20. The summed E-state index contributed by atoms with van der Waals surface area (Å²) in [5.74, 6) is 0.710. The highest BCUT2D eigenvalue weighted by Crippen LogP contribution is 2.26. The lowest BCUT2D eigenvalue weighted by molar-refractivity contribution is -0.116. The number of hydrogen-bond donors (Lipinski definition) is 2. The van der Waals surface area contributed by atoms with Gasteiger partial charge in [0.2, 0.25) is 5.91 Å². The molecule has 4 aromatic rings. The number of amides is 1. The van der Waals surface area contributed by atoms with Crippen molar-refractivity contribution in [3.05, 3.63) is 88.6 Å². The SMILES string of the molecule is COc1cc(NC(=O)Cn2c(=O)nc(NCc3ccc(F)cc3)c3ccccc32)cc(OC)c1. The van der Waals surface area contributed by atoms with Crippen molar-refractivity contribution in [2.75, 3.05) is 24.9 Å². The molecule has 8 nitrogen and oxygen atoms in total. The van der Waals surface area contributed by atoms with Crippen LogP contribution in [0.4, 0.5) is 15.9 Å². The molecule has 0 saturated heterocycles. The first-order valence-corrected chi connectivity index (χ1v) is 10.5. The predicted molar refractivity (Wildman–Crippen MR) is 128 cm³/mol. The molecule has 3 aromatic carbocycles. The molecular formula is C25H23FN4O4. The van der Waals surface area contributed by atoms with Gasteiger partial charge in [-0.15, -0.1) is 0 Å². The number of carbonyl (C=O) groups excluding carboxylic acids is 1. The van der Waals surface area contributed by atoms with Gasteiger partial charge in [0.15, 0.2) is 0 Å². The second-order valence-corrected chi connectivity index (χ2v) is 7.48. The minimum absolute atomic E-state index is 0.232. The van der Waals surface area contributed by atoms with Gasteiger partial charge in [-0.2, -0.15) is 4.98 Å². The molecular weight excluding hydrogens is 439 g/mol. The summed E-state index contributed by atoms with van der Waals surface area (Å²) in [4.78, 5) is 29.8. The molecule has 9 heteroatoms. The quantitative estimate of drug-likeness (QED) is 0.414. The minimum Gasteiger partial charge on any atom is -0.497 e. The van der Waals surface area contributed by atoms with Crippen molar-refractivity contribution >= 4 is 28.3 Å². The molecule has 34 heavy (non-hydrogen) atoms. The topological polar surface area (TPSA) is 94.5 Å². The molecule has 174 valence electrons. The maximum absolute atomic E-state index is 13.2. The largest absolute Gasteiger partial charge is 0.497 e. The summed E-state index contributed by atoms with van der Waals surface area (Å²) in [6.45, 7) is 0.128. The fraction of sp³-hybridized carbons (Fsp3) is 0.160. The summed E-state index contributed by atoms with van der Waals surface area (Å²) in [7, 11) is 3.03. The van der Waals surface area contributed by atoms with Crippen LogP contribution >= 0.6 is 0 Å². The van der Waals surface area contributed by atoms with Gasteiger partial charge in [-0.25, -0.2) is 9.18 Å². The van der Waals surface area contributed by atoms with Gasteiger partial charge >= 0.3 is 5.69 Å². The van der Waals surface area contributed by atoms with E-state index in [2.05, 4.69) is 15.6 Å². The summed E-state index contributed by atoms with van der Waals surface area (Å²) >= 11 is 0. The number of ether oxygens (including phenoxy) is 2. The zero-order chi connectivity index (χ0) is 24.1. The zero-order valence-corrected chi connectivity index (χ0v) is 18.7. The van der Waals surface area contributed by atoms with Gasteiger partial charge in [0.1, 0.15) is 29.7 Å². The van der Waals surface area contributed by atoms with Crippen LogP contribution in [0.15, 0.2) is 71.5 Å². The Hall–Kier alpha value is -4.40. The first-order valence-electron chi connectivity index (χ1n) is 10.5. The van der Waals surface area contributed by atoms with E-state index in [9.17, 15) is 14.0 Å². The Bertz CT molecular complexity index is 1360. The lowest BCUT2D eigenvalue weighted by atomic mass is 10.2. The summed E-state index contributed by atoms with van der Waals surface area (Å²) in [6, 6.07) is 18.2. The lowest BCUT2D eigenvalue weighted by Crippen LogP contribution is -2.30. The summed E-state index contributed by atoms with van der Waals surface area (Å²) in [5.41, 5.74) is 1.30. The van der Waals surface area contributed by atoms with E-state index in [0.717, 1.165) is 5.56 Å². The van der Waals surface area contributed by atoms with E-state index in [1.165, 1.54) is 30.9 Å². The van der Waals surface area contributed by atoms with Crippen LogP contribution < -0.4 is 25.8 Å². The highest BCUT2D eigenvalue weighted by Gasteiger charge is 2.14. The smallest absolute Gasteiger partial charge is 0.350 e. The number of fused-ring (bicyclic) bond motifs is 1. The molecule has 0 spiro atoms. The Balaban J connectivity index is 1.58. The molecule has 0 bridgehead atoms. The molecule has 0 saturated carbocycles. The molecule has 0 fully saturated rings. The van der Waals surface area contributed by atoms with Gasteiger partial charge in [0.25, 0.3) is 0 Å². The van der Waals surface area contributed by atoms with Crippen molar-refractivity contribution in [3.63, 3.8) is 0 Å². The Morgan fingerprint density at radius 2 is 1.68 bits per heavy atom. The monoisotopic (exact) mass is 462 g/mol. The number of rotatable bonds is 8. The molecule has 1 heterocycles. The number of anilines is 2. The Labute approximate surface area is 195 Å². The summed E-state index contributed by atoms with van der Waals surface area (Å²) in [5, 5.41) is 6.58. The van der Waals surface area contributed by atoms with Crippen LogP contribution in [0.1, 0.15) is 5.56 Å². The third kappa shape index (κ3) is 5.15. The van der Waals surface area contributed by atoms with Crippen LogP contribution in [0, 0.1) is 5.82 Å². The van der Waals surface area contributed by atoms with E-state index in [-0.39, 0.29) is 12.4 Å². The molecule has 2 N–H and O–H groups in total. The average Bonchev–Trinajstić information content (AvgIpc) is 2.85. The van der Waals surface area contributed by atoms with E-state index in [1.54, 1.807) is 42.5 Å². The molecule has 0 aliphatic rings. The second-order valence-electron chi connectivity index (χ2n) is 7.48. The highest BCUT2D eigenvalue weighted by molar-refractivity contribution is 5.94. The van der Waals surface area contributed by atoms with Crippen molar-refractivity contribution < 1.29 is 18.7 Å². The molecule has 1 aromatic heterocycles. The maximum atomic E-state index is 13.2. The summed E-state index contributed by atoms with van der Waals surface area (Å²) in [6.07, 6.45) is 0. The van der Waals surface area contributed by atoms with Crippen LogP contribution in [0.25, 0.3) is 10.9 Å². The molecule has 1 amide bonds. The van der Waals surface area contributed by atoms with Crippen LogP contribution in [-0.4, -0.2) is 29.7 Å². The van der Waals surface area contributed by atoms with E-state index >= 15 is 0 Å². The Morgan fingerprint density at radius 3 is 2.35 bits per heavy atom. The maximum Gasteiger partial charge on any atom is 0.350 e. The van der Waals surface area contributed by atoms with Crippen molar-refractivity contribution in [1.82, 2.24) is 9.55 Å². The number of halogens is 1. The van der Waals surface area contributed by atoms with Gasteiger partial charge in [0.05, 0.1) is 19.7 Å². The second kappa shape index (κ2) is 10.0. The fourth-order valence-corrected chi connectivity index (χ4v) is 3.53. The average molecular weight is 462 g/mol. The van der Waals surface area contributed by atoms with Crippen molar-refractivity contribution in [2.45, 2.75) is 13.1 Å². The number of hydrogen-bond acceptors (Lipinski definition) is 6. The van der Waals surface area contributed by atoms with Gasteiger partial charge in [0, 0.05) is 35.8 Å². The molecule has 0 unspecified atom stereocenters. The summed E-state index contributed by atoms with van der Waals surface area (Å²) < 4.78 is 24.9. The number of carbonyl (C=O) groups is 1. The predicted octanol–water partition coefficient (Wildman–Crippen LogP) is 3.80. The van der Waals surface area contributed by atoms with E-state index in [1.807, 2.05) is 12.1 Å². The molecule has 0 radical (unpaired) electrons. The number of nitrogens with zero attached hydrogens (tertiary/aromatic N) is 2. The van der Waals surface area contributed by atoms with Crippen molar-refractivity contribution in [3.8, 4) is 11.5 Å². The Kier molecular flexibility index (Phi) is 6.72. The van der Waals surface area contributed by atoms with Crippen molar-refractivity contribution in [1.29, 1.82) is 0 Å². The van der Waals surface area contributed by atoms with E-state index in [4.69, 9.17) is 9.47 Å². The minimum atomic E-state index is -0.571. The third-order valence-electron chi connectivity index (χ3n) is 5.20. The number of methoxy groups -OCH3 is 2. The molecule has 0 aliphatic heterocycles. The van der Waals surface area contributed by atoms with Crippen LogP contribution in [0.3, 0.4) is 0 Å². The first-order chi connectivity index (χ1) is 16.5. The molecule has 0 atom stereocenters. The number of benzene rings is 3. The van der Waals surface area contributed by atoms with Crippen LogP contribution in [-0.2, 0) is 17.9 Å². The number of nitrogens with one attached hydrogen (secondary N) is 2. The van der Waals surface area contributed by atoms with Gasteiger partial charge in [-0.3, -0.25) is 9.36 Å².